The van der Waals surface area contributed by atoms with E-state index in [4.69, 9.17) is 16.3 Å². The maximum absolute atomic E-state index is 12.7. The first-order valence-corrected chi connectivity index (χ1v) is 9.91. The molecule has 4 aromatic rings. The molecular formula is C21H18ClN3O2S. The lowest BCUT2D eigenvalue weighted by Crippen LogP contribution is -2.22. The van der Waals surface area contributed by atoms with Crippen LogP contribution in [0.5, 0.6) is 5.75 Å². The standard InChI is InChI=1S/C21H18ClN3O2S/c1-13-17-11-19(20(26)23-12-14-5-3-4-6-18(14)27-2)28-21(17)25(24-13)16-9-7-15(22)8-10-16/h3-11H,12H2,1-2H3,(H,23,26). The molecule has 0 bridgehead atoms. The molecule has 0 aliphatic heterocycles. The van der Waals surface area contributed by atoms with Crippen LogP contribution in [0.25, 0.3) is 15.9 Å². The summed E-state index contributed by atoms with van der Waals surface area (Å²) < 4.78 is 7.19. The number of benzene rings is 2. The van der Waals surface area contributed by atoms with Gasteiger partial charge in [0, 0.05) is 22.5 Å². The van der Waals surface area contributed by atoms with Crippen LogP contribution in [0.4, 0.5) is 0 Å². The molecule has 7 heteroatoms. The van der Waals surface area contributed by atoms with Crippen molar-refractivity contribution in [3.63, 3.8) is 0 Å². The molecular weight excluding hydrogens is 394 g/mol. The maximum atomic E-state index is 12.7. The summed E-state index contributed by atoms with van der Waals surface area (Å²) in [5.74, 6) is 0.641. The van der Waals surface area contributed by atoms with Crippen molar-refractivity contribution in [2.75, 3.05) is 7.11 Å². The third-order valence-electron chi connectivity index (χ3n) is 4.47. The SMILES string of the molecule is COc1ccccc1CNC(=O)c1cc2c(C)nn(-c3ccc(Cl)cc3)c2s1. The first-order valence-electron chi connectivity index (χ1n) is 8.72. The van der Waals surface area contributed by atoms with E-state index in [1.165, 1.54) is 11.3 Å². The highest BCUT2D eigenvalue weighted by molar-refractivity contribution is 7.20. The van der Waals surface area contributed by atoms with Crippen molar-refractivity contribution in [2.24, 2.45) is 0 Å². The highest BCUT2D eigenvalue weighted by Gasteiger charge is 2.17. The minimum atomic E-state index is -0.117. The zero-order valence-electron chi connectivity index (χ0n) is 15.4. The minimum absolute atomic E-state index is 0.117. The summed E-state index contributed by atoms with van der Waals surface area (Å²) in [6.45, 7) is 2.34. The van der Waals surface area contributed by atoms with Crippen LogP contribution >= 0.6 is 22.9 Å². The maximum Gasteiger partial charge on any atom is 0.261 e. The molecule has 0 saturated heterocycles. The molecule has 4 rings (SSSR count). The Balaban J connectivity index is 1.60. The van der Waals surface area contributed by atoms with Gasteiger partial charge >= 0.3 is 0 Å². The predicted octanol–water partition coefficient (Wildman–Crippen LogP) is 4.99. The summed E-state index contributed by atoms with van der Waals surface area (Å²) in [7, 11) is 1.62. The van der Waals surface area contributed by atoms with Gasteiger partial charge in [-0.2, -0.15) is 5.10 Å². The molecule has 0 fully saturated rings. The fourth-order valence-electron chi connectivity index (χ4n) is 3.03. The number of nitrogens with zero attached hydrogens (tertiary/aromatic N) is 2. The number of aryl methyl sites for hydroxylation is 1. The van der Waals surface area contributed by atoms with Crippen LogP contribution in [-0.2, 0) is 6.54 Å². The molecule has 2 aromatic carbocycles. The van der Waals surface area contributed by atoms with Crippen LogP contribution in [0.2, 0.25) is 5.02 Å². The van der Waals surface area contributed by atoms with Gasteiger partial charge in [-0.25, -0.2) is 4.68 Å². The van der Waals surface area contributed by atoms with E-state index in [0.29, 0.717) is 16.4 Å². The predicted molar refractivity (Wildman–Crippen MR) is 113 cm³/mol. The summed E-state index contributed by atoms with van der Waals surface area (Å²) in [4.78, 5) is 14.3. The van der Waals surface area contributed by atoms with Crippen molar-refractivity contribution < 1.29 is 9.53 Å². The number of hydrogen-bond donors (Lipinski definition) is 1. The quantitative estimate of drug-likeness (QED) is 0.503. The number of rotatable bonds is 5. The molecule has 5 nitrogen and oxygen atoms in total. The molecule has 0 aliphatic carbocycles. The largest absolute Gasteiger partial charge is 0.496 e. The number of carbonyl (C=O) groups excluding carboxylic acids is 1. The minimum Gasteiger partial charge on any atom is -0.496 e. The highest BCUT2D eigenvalue weighted by Crippen LogP contribution is 2.31. The van der Waals surface area contributed by atoms with Gasteiger partial charge in [-0.1, -0.05) is 29.8 Å². The van der Waals surface area contributed by atoms with Gasteiger partial charge in [-0.15, -0.1) is 11.3 Å². The fourth-order valence-corrected chi connectivity index (χ4v) is 4.25. The lowest BCUT2D eigenvalue weighted by molar-refractivity contribution is 0.0955. The zero-order valence-corrected chi connectivity index (χ0v) is 17.0. The van der Waals surface area contributed by atoms with Crippen molar-refractivity contribution in [1.29, 1.82) is 0 Å². The summed E-state index contributed by atoms with van der Waals surface area (Å²) in [6, 6.07) is 17.0. The molecule has 1 N–H and O–H groups in total. The Morgan fingerprint density at radius 1 is 1.21 bits per heavy atom. The van der Waals surface area contributed by atoms with Crippen molar-refractivity contribution >= 4 is 39.1 Å². The van der Waals surface area contributed by atoms with Crippen molar-refractivity contribution in [3.8, 4) is 11.4 Å². The second kappa shape index (κ2) is 7.66. The number of carbonyl (C=O) groups is 1. The Morgan fingerprint density at radius 3 is 2.71 bits per heavy atom. The Morgan fingerprint density at radius 2 is 1.96 bits per heavy atom. The number of nitrogens with one attached hydrogen (secondary N) is 1. The van der Waals surface area contributed by atoms with Crippen molar-refractivity contribution in [2.45, 2.75) is 13.5 Å². The van der Waals surface area contributed by atoms with Crippen molar-refractivity contribution in [3.05, 3.63) is 75.8 Å². The second-order valence-electron chi connectivity index (χ2n) is 6.30. The molecule has 0 saturated carbocycles. The van der Waals surface area contributed by atoms with E-state index in [-0.39, 0.29) is 5.91 Å². The number of para-hydroxylation sites is 1. The Labute approximate surface area is 171 Å². The van der Waals surface area contributed by atoms with Crippen LogP contribution in [0.3, 0.4) is 0 Å². The first kappa shape index (κ1) is 18.5. The normalized spacial score (nSPS) is 11.0. The second-order valence-corrected chi connectivity index (χ2v) is 7.76. The summed E-state index contributed by atoms with van der Waals surface area (Å²) >= 11 is 7.41. The van der Waals surface area contributed by atoms with E-state index in [9.17, 15) is 4.79 Å². The van der Waals surface area contributed by atoms with Crippen LogP contribution < -0.4 is 10.1 Å². The van der Waals surface area contributed by atoms with Crippen LogP contribution in [0.1, 0.15) is 20.9 Å². The molecule has 2 heterocycles. The van der Waals surface area contributed by atoms with E-state index < -0.39 is 0 Å². The average Bonchev–Trinajstić information content (AvgIpc) is 3.28. The number of halogens is 1. The van der Waals surface area contributed by atoms with Gasteiger partial charge in [0.1, 0.15) is 10.6 Å². The lowest BCUT2D eigenvalue weighted by Gasteiger charge is -2.08. The molecule has 2 aromatic heterocycles. The van der Waals surface area contributed by atoms with Crippen LogP contribution in [0.15, 0.2) is 54.6 Å². The summed E-state index contributed by atoms with van der Waals surface area (Å²) in [6.07, 6.45) is 0. The fraction of sp³-hybridized carbons (Fsp3) is 0.143. The summed E-state index contributed by atoms with van der Waals surface area (Å²) in [5, 5.41) is 9.22. The molecule has 0 atom stereocenters. The molecule has 1 amide bonds. The molecule has 0 aliphatic rings. The molecule has 142 valence electrons. The highest BCUT2D eigenvalue weighted by atomic mass is 35.5. The third-order valence-corrected chi connectivity index (χ3v) is 5.83. The van der Waals surface area contributed by atoms with Crippen LogP contribution in [0, 0.1) is 6.92 Å². The monoisotopic (exact) mass is 411 g/mol. The average molecular weight is 412 g/mol. The zero-order chi connectivity index (χ0) is 19.7. The Kier molecular flexibility index (Phi) is 5.07. The lowest BCUT2D eigenvalue weighted by atomic mass is 10.2. The number of thiophene rings is 1. The van der Waals surface area contributed by atoms with Gasteiger partial charge in [0.15, 0.2) is 0 Å². The van der Waals surface area contributed by atoms with Gasteiger partial charge in [0.25, 0.3) is 5.91 Å². The molecule has 28 heavy (non-hydrogen) atoms. The Bertz CT molecular complexity index is 1150. The van der Waals surface area contributed by atoms with E-state index in [2.05, 4.69) is 10.4 Å². The smallest absolute Gasteiger partial charge is 0.261 e. The summed E-state index contributed by atoms with van der Waals surface area (Å²) in [5.41, 5.74) is 2.72. The number of aromatic nitrogens is 2. The van der Waals surface area contributed by atoms with Gasteiger partial charge in [-0.3, -0.25) is 4.79 Å². The number of fused-ring (bicyclic) bond motifs is 1. The Hall–Kier alpha value is -2.83. The van der Waals surface area contributed by atoms with E-state index in [0.717, 1.165) is 32.9 Å². The molecule has 0 unspecified atom stereocenters. The van der Waals surface area contributed by atoms with Crippen LogP contribution in [-0.4, -0.2) is 22.8 Å². The number of ether oxygens (including phenoxy) is 1. The number of amides is 1. The van der Waals surface area contributed by atoms with Gasteiger partial charge in [0.05, 0.1) is 23.4 Å². The molecule has 0 spiro atoms. The van der Waals surface area contributed by atoms with E-state index in [1.807, 2.05) is 66.2 Å². The third kappa shape index (κ3) is 3.48. The van der Waals surface area contributed by atoms with Crippen molar-refractivity contribution in [1.82, 2.24) is 15.1 Å². The van der Waals surface area contributed by atoms with E-state index in [1.54, 1.807) is 7.11 Å². The first-order chi connectivity index (χ1) is 13.6. The molecule has 0 radical (unpaired) electrons. The van der Waals surface area contributed by atoms with Gasteiger partial charge in [0.2, 0.25) is 0 Å². The van der Waals surface area contributed by atoms with Gasteiger partial charge in [-0.05, 0) is 43.3 Å². The number of hydrogen-bond acceptors (Lipinski definition) is 4. The topological polar surface area (TPSA) is 56.1 Å². The number of methoxy groups -OCH3 is 1. The van der Waals surface area contributed by atoms with E-state index >= 15 is 0 Å². The van der Waals surface area contributed by atoms with Gasteiger partial charge < -0.3 is 10.1 Å².